The van der Waals surface area contributed by atoms with E-state index in [-0.39, 0.29) is 28.2 Å². The first-order valence-electron chi connectivity index (χ1n) is 7.73. The summed E-state index contributed by atoms with van der Waals surface area (Å²) in [4.78, 5) is 12.6. The van der Waals surface area contributed by atoms with Gasteiger partial charge in [-0.2, -0.15) is 13.2 Å². The maximum atomic E-state index is 12.8. The number of benzene rings is 2. The maximum Gasteiger partial charge on any atom is 0.416 e. The van der Waals surface area contributed by atoms with Gasteiger partial charge in [0.2, 0.25) is 0 Å². The summed E-state index contributed by atoms with van der Waals surface area (Å²) in [6.45, 7) is -0.225. The molecule has 2 aromatic rings. The highest BCUT2D eigenvalue weighted by Gasteiger charge is 2.31. The second-order valence-electron chi connectivity index (χ2n) is 5.85. The van der Waals surface area contributed by atoms with Gasteiger partial charge in [0, 0.05) is 14.1 Å². The van der Waals surface area contributed by atoms with Crippen LogP contribution in [0.1, 0.15) is 5.56 Å². The molecular formula is C17H16ClF3N2O4S. The minimum Gasteiger partial charge on any atom is -0.484 e. The molecule has 0 saturated carbocycles. The van der Waals surface area contributed by atoms with Crippen molar-refractivity contribution < 1.29 is 31.1 Å². The number of hydrogen-bond acceptors (Lipinski definition) is 4. The normalized spacial score (nSPS) is 11.8. The quantitative estimate of drug-likeness (QED) is 0.750. The van der Waals surface area contributed by atoms with Crippen molar-refractivity contribution in [3.05, 3.63) is 53.1 Å². The lowest BCUT2D eigenvalue weighted by Crippen LogP contribution is -2.27. The second kappa shape index (κ2) is 8.27. The summed E-state index contributed by atoms with van der Waals surface area (Å²) in [5, 5.41) is -0.182. The number of rotatable bonds is 6. The molecule has 0 unspecified atom stereocenters. The number of ether oxygens (including phenoxy) is 1. The third-order valence-electron chi connectivity index (χ3n) is 3.53. The van der Waals surface area contributed by atoms with Crippen molar-refractivity contribution in [1.82, 2.24) is 4.90 Å². The lowest BCUT2D eigenvalue weighted by molar-refractivity contribution is -0.137. The summed E-state index contributed by atoms with van der Waals surface area (Å²) in [6.07, 6.45) is -4.65. The molecule has 0 fully saturated rings. The van der Waals surface area contributed by atoms with Crippen LogP contribution in [-0.4, -0.2) is 39.9 Å². The number of alkyl halides is 3. The van der Waals surface area contributed by atoms with Gasteiger partial charge in [-0.3, -0.25) is 9.52 Å². The van der Waals surface area contributed by atoms with Crippen molar-refractivity contribution in [2.45, 2.75) is 11.1 Å². The van der Waals surface area contributed by atoms with Crippen LogP contribution >= 0.6 is 11.6 Å². The van der Waals surface area contributed by atoms with Crippen LogP contribution in [-0.2, 0) is 21.0 Å². The van der Waals surface area contributed by atoms with E-state index < -0.39 is 27.5 Å². The first-order chi connectivity index (χ1) is 12.9. The van der Waals surface area contributed by atoms with E-state index >= 15 is 0 Å². The van der Waals surface area contributed by atoms with Crippen LogP contribution in [0.15, 0.2) is 47.4 Å². The molecule has 0 spiro atoms. The number of carbonyl (C=O) groups excluding carboxylic acids is 1. The number of sulfonamides is 1. The standard InChI is InChI=1S/C17H16ClF3N2O4S/c1-23(2)16(24)10-27-12-4-6-13(7-5-12)28(25,26)22-15-9-11(17(19,20)21)3-8-14(15)18/h3-9,22H,10H2,1-2H3. The van der Waals surface area contributed by atoms with Crippen molar-refractivity contribution in [2.75, 3.05) is 25.4 Å². The summed E-state index contributed by atoms with van der Waals surface area (Å²) in [7, 11) is -1.07. The van der Waals surface area contributed by atoms with Gasteiger partial charge in [0.05, 0.1) is 21.2 Å². The highest BCUT2D eigenvalue weighted by Crippen LogP contribution is 2.34. The number of nitrogens with one attached hydrogen (secondary N) is 1. The Kier molecular flexibility index (Phi) is 6.45. The Bertz CT molecular complexity index is 961. The van der Waals surface area contributed by atoms with Gasteiger partial charge in [-0.25, -0.2) is 8.42 Å². The average molecular weight is 437 g/mol. The Morgan fingerprint density at radius 2 is 1.75 bits per heavy atom. The van der Waals surface area contributed by atoms with Gasteiger partial charge in [-0.05, 0) is 42.5 Å². The molecule has 1 amide bonds. The number of halogens is 4. The van der Waals surface area contributed by atoms with Crippen LogP contribution in [0.4, 0.5) is 18.9 Å². The van der Waals surface area contributed by atoms with E-state index in [2.05, 4.69) is 0 Å². The molecule has 0 aliphatic heterocycles. The SMILES string of the molecule is CN(C)C(=O)COc1ccc(S(=O)(=O)Nc2cc(C(F)(F)F)ccc2Cl)cc1. The molecule has 0 aliphatic carbocycles. The Morgan fingerprint density at radius 3 is 2.29 bits per heavy atom. The molecule has 0 aromatic heterocycles. The van der Waals surface area contributed by atoms with Crippen LogP contribution in [0.3, 0.4) is 0 Å². The zero-order valence-corrected chi connectivity index (χ0v) is 16.3. The molecular weight excluding hydrogens is 421 g/mol. The van der Waals surface area contributed by atoms with Crippen molar-refractivity contribution in [2.24, 2.45) is 0 Å². The van der Waals surface area contributed by atoms with Crippen LogP contribution in [0.25, 0.3) is 0 Å². The molecule has 1 N–H and O–H groups in total. The molecule has 11 heteroatoms. The Balaban J connectivity index is 2.18. The fraction of sp³-hybridized carbons (Fsp3) is 0.235. The predicted molar refractivity (Wildman–Crippen MR) is 97.9 cm³/mol. The van der Waals surface area contributed by atoms with E-state index in [1.54, 1.807) is 14.1 Å². The summed E-state index contributed by atoms with van der Waals surface area (Å²) < 4.78 is 70.6. The molecule has 0 aliphatic rings. The number of amides is 1. The maximum absolute atomic E-state index is 12.8. The Hall–Kier alpha value is -2.46. The molecule has 0 heterocycles. The summed E-state index contributed by atoms with van der Waals surface area (Å²) >= 11 is 5.81. The number of nitrogens with zero attached hydrogens (tertiary/aromatic N) is 1. The Morgan fingerprint density at radius 1 is 1.14 bits per heavy atom. The van der Waals surface area contributed by atoms with Crippen molar-refractivity contribution in [3.8, 4) is 5.75 Å². The van der Waals surface area contributed by atoms with Gasteiger partial charge in [-0.15, -0.1) is 0 Å². The van der Waals surface area contributed by atoms with Gasteiger partial charge in [0.25, 0.3) is 15.9 Å². The zero-order chi connectivity index (χ0) is 21.1. The van der Waals surface area contributed by atoms with Gasteiger partial charge in [0.1, 0.15) is 5.75 Å². The van der Waals surface area contributed by atoms with Crippen molar-refractivity contribution in [1.29, 1.82) is 0 Å². The van der Waals surface area contributed by atoms with Gasteiger partial charge < -0.3 is 9.64 Å². The summed E-state index contributed by atoms with van der Waals surface area (Å²) in [5.41, 5.74) is -1.43. The molecule has 152 valence electrons. The van der Waals surface area contributed by atoms with Crippen LogP contribution < -0.4 is 9.46 Å². The number of hydrogen-bond donors (Lipinski definition) is 1. The van der Waals surface area contributed by atoms with E-state index in [0.717, 1.165) is 12.1 Å². The van der Waals surface area contributed by atoms with E-state index in [0.29, 0.717) is 6.07 Å². The van der Waals surface area contributed by atoms with Crippen LogP contribution in [0.5, 0.6) is 5.75 Å². The predicted octanol–water partition coefficient (Wildman–Crippen LogP) is 3.63. The van der Waals surface area contributed by atoms with Crippen molar-refractivity contribution in [3.63, 3.8) is 0 Å². The molecule has 0 radical (unpaired) electrons. The highest BCUT2D eigenvalue weighted by molar-refractivity contribution is 7.92. The lowest BCUT2D eigenvalue weighted by Gasteiger charge is -2.14. The molecule has 2 aromatic carbocycles. The van der Waals surface area contributed by atoms with Crippen LogP contribution in [0.2, 0.25) is 5.02 Å². The molecule has 28 heavy (non-hydrogen) atoms. The fourth-order valence-corrected chi connectivity index (χ4v) is 3.26. The molecule has 0 atom stereocenters. The first kappa shape index (κ1) is 21.8. The molecule has 0 bridgehead atoms. The topological polar surface area (TPSA) is 75.7 Å². The van der Waals surface area contributed by atoms with E-state index in [1.165, 1.54) is 29.2 Å². The van der Waals surface area contributed by atoms with E-state index in [1.807, 2.05) is 4.72 Å². The van der Waals surface area contributed by atoms with Crippen LogP contribution in [0, 0.1) is 0 Å². The zero-order valence-electron chi connectivity index (χ0n) is 14.7. The van der Waals surface area contributed by atoms with Gasteiger partial charge in [-0.1, -0.05) is 11.6 Å². The van der Waals surface area contributed by atoms with E-state index in [4.69, 9.17) is 16.3 Å². The summed E-state index contributed by atoms with van der Waals surface area (Å²) in [6, 6.07) is 7.36. The molecule has 2 rings (SSSR count). The second-order valence-corrected chi connectivity index (χ2v) is 7.94. The third-order valence-corrected chi connectivity index (χ3v) is 5.24. The van der Waals surface area contributed by atoms with Crippen molar-refractivity contribution >= 4 is 33.2 Å². The number of anilines is 1. The molecule has 6 nitrogen and oxygen atoms in total. The summed E-state index contributed by atoms with van der Waals surface area (Å²) in [5.74, 6) is -0.0243. The fourth-order valence-electron chi connectivity index (χ4n) is 1.97. The number of likely N-dealkylation sites (N-methyl/N-ethyl adjacent to an activating group) is 1. The smallest absolute Gasteiger partial charge is 0.416 e. The van der Waals surface area contributed by atoms with Gasteiger partial charge >= 0.3 is 6.18 Å². The minimum atomic E-state index is -4.65. The lowest BCUT2D eigenvalue weighted by atomic mass is 10.2. The molecule has 0 saturated heterocycles. The Labute approximate surface area is 164 Å². The third kappa shape index (κ3) is 5.52. The highest BCUT2D eigenvalue weighted by atomic mass is 35.5. The minimum absolute atomic E-state index is 0.182. The first-order valence-corrected chi connectivity index (χ1v) is 9.59. The monoisotopic (exact) mass is 436 g/mol. The number of carbonyl (C=O) groups is 1. The van der Waals surface area contributed by atoms with E-state index in [9.17, 15) is 26.4 Å². The largest absolute Gasteiger partial charge is 0.484 e. The van der Waals surface area contributed by atoms with Gasteiger partial charge in [0.15, 0.2) is 6.61 Å². The average Bonchev–Trinajstić information content (AvgIpc) is 2.60.